The number of anilines is 2. The number of aryl methyl sites for hydroxylation is 1. The fourth-order valence-electron chi connectivity index (χ4n) is 2.91. The van der Waals surface area contributed by atoms with Crippen molar-refractivity contribution in [3.8, 4) is 11.1 Å². The molecule has 25 heavy (non-hydrogen) atoms. The second kappa shape index (κ2) is 9.01. The molecule has 1 aromatic carbocycles. The highest BCUT2D eigenvalue weighted by Crippen LogP contribution is 2.30. The summed E-state index contributed by atoms with van der Waals surface area (Å²) in [5, 5.41) is 7.41. The molecule has 0 aliphatic carbocycles. The van der Waals surface area contributed by atoms with Gasteiger partial charge in [0, 0.05) is 31.0 Å². The molecule has 0 amide bonds. The molecular weight excluding hydrogens is 336 g/mol. The van der Waals surface area contributed by atoms with E-state index in [0.717, 1.165) is 48.4 Å². The second-order valence-electron chi connectivity index (χ2n) is 5.89. The summed E-state index contributed by atoms with van der Waals surface area (Å²) in [6, 6.07) is 6.33. The van der Waals surface area contributed by atoms with Crippen LogP contribution in [0.1, 0.15) is 32.4 Å². The first-order valence-electron chi connectivity index (χ1n) is 8.70. The van der Waals surface area contributed by atoms with Crippen LogP contribution in [0.2, 0.25) is 0 Å². The third kappa shape index (κ3) is 4.83. The van der Waals surface area contributed by atoms with E-state index in [4.69, 9.17) is 10.3 Å². The first-order valence-corrected chi connectivity index (χ1v) is 10.2. The Balaban J connectivity index is 0.00000109. The summed E-state index contributed by atoms with van der Waals surface area (Å²) in [7, 11) is -0.874. The molecule has 3 N–H and O–H groups in total. The van der Waals surface area contributed by atoms with E-state index in [1.807, 2.05) is 43.3 Å². The molecule has 1 fully saturated rings. The number of nitrogens with zero attached hydrogens (tertiary/aromatic N) is 2. The lowest BCUT2D eigenvalue weighted by Crippen LogP contribution is -2.39. The Bertz CT molecular complexity index is 709. The third-order valence-electron chi connectivity index (χ3n) is 4.29. The maximum Gasteiger partial charge on any atom is 0.131 e. The quantitative estimate of drug-likeness (QED) is 0.812. The first kappa shape index (κ1) is 19.5. The van der Waals surface area contributed by atoms with Gasteiger partial charge in [-0.15, -0.1) is 0 Å². The fourth-order valence-corrected chi connectivity index (χ4v) is 3.63. The number of nitrogens with two attached hydrogens (primary N) is 1. The second-order valence-corrected chi connectivity index (χ2v) is 7.25. The van der Waals surface area contributed by atoms with Gasteiger partial charge in [-0.3, -0.25) is 0 Å². The molecule has 7 heteroatoms. The SMILES string of the molecule is CC.Cc1nocc1-c1ccc(NC2CCN(S(C)=O)CC2)c(N)c1. The molecule has 2 heterocycles. The normalized spacial score (nSPS) is 16.8. The van der Waals surface area contributed by atoms with E-state index < -0.39 is 11.0 Å². The number of benzene rings is 1. The van der Waals surface area contributed by atoms with Gasteiger partial charge in [0.15, 0.2) is 0 Å². The molecule has 1 atom stereocenters. The monoisotopic (exact) mass is 364 g/mol. The predicted octanol–water partition coefficient (Wildman–Crippen LogP) is 3.43. The van der Waals surface area contributed by atoms with Crippen LogP contribution >= 0.6 is 0 Å². The molecule has 1 unspecified atom stereocenters. The predicted molar refractivity (Wildman–Crippen MR) is 105 cm³/mol. The van der Waals surface area contributed by atoms with E-state index in [9.17, 15) is 4.21 Å². The van der Waals surface area contributed by atoms with Crippen LogP contribution in [-0.2, 0) is 11.0 Å². The van der Waals surface area contributed by atoms with Crippen molar-refractivity contribution >= 4 is 22.4 Å². The smallest absolute Gasteiger partial charge is 0.131 e. The van der Waals surface area contributed by atoms with Crippen molar-refractivity contribution in [2.24, 2.45) is 0 Å². The zero-order chi connectivity index (χ0) is 18.4. The third-order valence-corrected chi connectivity index (χ3v) is 5.38. The van der Waals surface area contributed by atoms with Crippen LogP contribution in [0.3, 0.4) is 0 Å². The molecule has 138 valence electrons. The zero-order valence-corrected chi connectivity index (χ0v) is 16.2. The van der Waals surface area contributed by atoms with Gasteiger partial charge in [-0.1, -0.05) is 25.1 Å². The Labute approximate surface area is 152 Å². The maximum absolute atomic E-state index is 11.5. The zero-order valence-electron chi connectivity index (χ0n) is 15.4. The van der Waals surface area contributed by atoms with Crippen LogP contribution in [0.15, 0.2) is 29.0 Å². The maximum atomic E-state index is 11.5. The Kier molecular flexibility index (Phi) is 7.01. The van der Waals surface area contributed by atoms with Crippen LogP contribution in [0.4, 0.5) is 11.4 Å². The van der Waals surface area contributed by atoms with E-state index in [1.165, 1.54) is 0 Å². The Hall–Kier alpha value is -1.86. The molecule has 0 radical (unpaired) electrons. The number of hydrogen-bond acceptors (Lipinski definition) is 5. The van der Waals surface area contributed by atoms with Gasteiger partial charge in [0.05, 0.1) is 28.1 Å². The summed E-state index contributed by atoms with van der Waals surface area (Å²) in [4.78, 5) is 0. The number of nitrogen functional groups attached to an aromatic ring is 1. The minimum atomic E-state index is -0.874. The van der Waals surface area contributed by atoms with Crippen LogP contribution in [-0.4, -0.2) is 39.1 Å². The van der Waals surface area contributed by atoms with Crippen molar-refractivity contribution in [1.29, 1.82) is 0 Å². The molecule has 3 rings (SSSR count). The summed E-state index contributed by atoms with van der Waals surface area (Å²) >= 11 is 0. The lowest BCUT2D eigenvalue weighted by atomic mass is 10.0. The topological polar surface area (TPSA) is 84.4 Å². The standard InChI is InChI=1S/C16H22N4O2S.C2H6/c1-11-14(10-22-19-11)12-3-4-16(15(17)9-12)18-13-5-7-20(8-6-13)23(2)21;1-2/h3-4,9-10,13,18H,5-8,17H2,1-2H3;1-2H3. The average Bonchev–Trinajstić information content (AvgIpc) is 3.05. The van der Waals surface area contributed by atoms with Gasteiger partial charge in [-0.25, -0.2) is 8.51 Å². The molecule has 1 saturated heterocycles. The molecular formula is C18H28N4O2S. The molecule has 1 aromatic heterocycles. The summed E-state index contributed by atoms with van der Waals surface area (Å²) in [5.74, 6) is 0. The fraction of sp³-hybridized carbons (Fsp3) is 0.500. The highest BCUT2D eigenvalue weighted by atomic mass is 32.2. The van der Waals surface area contributed by atoms with Gasteiger partial charge in [0.1, 0.15) is 6.26 Å². The molecule has 6 nitrogen and oxygen atoms in total. The Morgan fingerprint density at radius 1 is 1.32 bits per heavy atom. The molecule has 1 aliphatic heterocycles. The Morgan fingerprint density at radius 3 is 2.52 bits per heavy atom. The minimum Gasteiger partial charge on any atom is -0.397 e. The number of rotatable bonds is 4. The minimum absolute atomic E-state index is 0.361. The van der Waals surface area contributed by atoms with E-state index in [0.29, 0.717) is 11.7 Å². The van der Waals surface area contributed by atoms with Crippen LogP contribution < -0.4 is 11.1 Å². The average molecular weight is 365 g/mol. The Morgan fingerprint density at radius 2 is 2.00 bits per heavy atom. The van der Waals surface area contributed by atoms with Crippen molar-refractivity contribution in [3.05, 3.63) is 30.2 Å². The lowest BCUT2D eigenvalue weighted by molar-refractivity contribution is 0.347. The molecule has 0 bridgehead atoms. The van der Waals surface area contributed by atoms with Crippen molar-refractivity contribution in [1.82, 2.24) is 9.46 Å². The van der Waals surface area contributed by atoms with Crippen molar-refractivity contribution in [2.45, 2.75) is 39.7 Å². The van der Waals surface area contributed by atoms with Gasteiger partial charge in [0.25, 0.3) is 0 Å². The summed E-state index contributed by atoms with van der Waals surface area (Å²) < 4.78 is 18.5. The van der Waals surface area contributed by atoms with Gasteiger partial charge >= 0.3 is 0 Å². The summed E-state index contributed by atoms with van der Waals surface area (Å²) in [6.07, 6.45) is 5.30. The van der Waals surface area contributed by atoms with Gasteiger partial charge in [-0.05, 0) is 37.5 Å². The van der Waals surface area contributed by atoms with E-state index in [-0.39, 0.29) is 0 Å². The number of hydrogen-bond donors (Lipinski definition) is 2. The van der Waals surface area contributed by atoms with E-state index in [2.05, 4.69) is 10.5 Å². The summed E-state index contributed by atoms with van der Waals surface area (Å²) in [5.41, 5.74) is 10.7. The van der Waals surface area contributed by atoms with Gasteiger partial charge < -0.3 is 15.6 Å². The summed E-state index contributed by atoms with van der Waals surface area (Å²) in [6.45, 7) is 7.60. The van der Waals surface area contributed by atoms with Crippen LogP contribution in [0.5, 0.6) is 0 Å². The molecule has 1 aliphatic rings. The van der Waals surface area contributed by atoms with Crippen molar-refractivity contribution in [2.75, 3.05) is 30.4 Å². The van der Waals surface area contributed by atoms with Crippen molar-refractivity contribution < 1.29 is 8.73 Å². The number of aromatic nitrogens is 1. The number of nitrogens with one attached hydrogen (secondary N) is 1. The van der Waals surface area contributed by atoms with Crippen molar-refractivity contribution in [3.63, 3.8) is 0 Å². The molecule has 0 saturated carbocycles. The van der Waals surface area contributed by atoms with E-state index >= 15 is 0 Å². The largest absolute Gasteiger partial charge is 0.397 e. The lowest BCUT2D eigenvalue weighted by Gasteiger charge is -2.31. The highest BCUT2D eigenvalue weighted by molar-refractivity contribution is 7.81. The molecule has 0 spiro atoms. The van der Waals surface area contributed by atoms with Crippen LogP contribution in [0, 0.1) is 6.92 Å². The highest BCUT2D eigenvalue weighted by Gasteiger charge is 2.21. The van der Waals surface area contributed by atoms with Gasteiger partial charge in [0.2, 0.25) is 0 Å². The van der Waals surface area contributed by atoms with Gasteiger partial charge in [-0.2, -0.15) is 0 Å². The number of piperidine rings is 1. The first-order chi connectivity index (χ1) is 12.0. The van der Waals surface area contributed by atoms with E-state index in [1.54, 1.807) is 12.5 Å². The van der Waals surface area contributed by atoms with Crippen LogP contribution in [0.25, 0.3) is 11.1 Å². The molecule has 2 aromatic rings.